The molecule has 0 aliphatic carbocycles. The van der Waals surface area contributed by atoms with Gasteiger partial charge in [-0.1, -0.05) is 0 Å². The first kappa shape index (κ1) is 5.81. The van der Waals surface area contributed by atoms with E-state index in [9.17, 15) is 4.79 Å². The van der Waals surface area contributed by atoms with Crippen LogP contribution in [0.3, 0.4) is 0 Å². The zero-order valence-electron chi connectivity index (χ0n) is 4.94. The predicted molar refractivity (Wildman–Crippen MR) is 29.9 cm³/mol. The lowest BCUT2D eigenvalue weighted by Crippen LogP contribution is -1.96. The molecule has 4 nitrogen and oxygen atoms in total. The van der Waals surface area contributed by atoms with Crippen LogP contribution in [0.5, 0.6) is 5.88 Å². The van der Waals surface area contributed by atoms with Crippen molar-refractivity contribution in [2.45, 2.75) is 0 Å². The summed E-state index contributed by atoms with van der Waals surface area (Å²) in [6.45, 7) is 0.372. The molecule has 0 saturated heterocycles. The molecule has 48 valence electrons. The quantitative estimate of drug-likeness (QED) is 0.522. The molecule has 4 heteroatoms. The number of rotatable bonds is 2. The lowest BCUT2D eigenvalue weighted by Gasteiger charge is -1.93. The van der Waals surface area contributed by atoms with Gasteiger partial charge in [-0.15, -0.1) is 0 Å². The average molecular weight is 126 g/mol. The molecule has 0 fully saturated rings. The summed E-state index contributed by atoms with van der Waals surface area (Å²) in [6.07, 6.45) is 1.55. The molecule has 1 aromatic heterocycles. The van der Waals surface area contributed by atoms with E-state index >= 15 is 0 Å². The van der Waals surface area contributed by atoms with Crippen molar-refractivity contribution >= 4 is 6.47 Å². The van der Waals surface area contributed by atoms with Crippen LogP contribution in [-0.4, -0.2) is 16.3 Å². The third-order valence-corrected chi connectivity index (χ3v) is 0.945. The number of carbonyl (C=O) groups is 1. The van der Waals surface area contributed by atoms with Gasteiger partial charge in [-0.2, -0.15) is 5.10 Å². The third-order valence-electron chi connectivity index (χ3n) is 0.945. The van der Waals surface area contributed by atoms with E-state index < -0.39 is 0 Å². The fraction of sp³-hybridized carbons (Fsp3) is 0.200. The number of aryl methyl sites for hydroxylation is 1. The van der Waals surface area contributed by atoms with Gasteiger partial charge in [0.2, 0.25) is 5.88 Å². The van der Waals surface area contributed by atoms with Gasteiger partial charge in [0.05, 0.1) is 6.20 Å². The van der Waals surface area contributed by atoms with E-state index in [-0.39, 0.29) is 0 Å². The minimum atomic E-state index is 0.372. The van der Waals surface area contributed by atoms with Gasteiger partial charge in [0, 0.05) is 13.1 Å². The minimum absolute atomic E-state index is 0.372. The summed E-state index contributed by atoms with van der Waals surface area (Å²) in [5, 5.41) is 3.77. The Morgan fingerprint density at radius 2 is 2.67 bits per heavy atom. The highest BCUT2D eigenvalue weighted by Crippen LogP contribution is 2.03. The summed E-state index contributed by atoms with van der Waals surface area (Å²) in [4.78, 5) is 9.76. The fourth-order valence-corrected chi connectivity index (χ4v) is 0.527. The Morgan fingerprint density at radius 3 is 3.11 bits per heavy atom. The van der Waals surface area contributed by atoms with Crippen molar-refractivity contribution in [1.29, 1.82) is 0 Å². The zero-order chi connectivity index (χ0) is 6.69. The van der Waals surface area contributed by atoms with Crippen molar-refractivity contribution in [3.63, 3.8) is 0 Å². The summed E-state index contributed by atoms with van der Waals surface area (Å²) in [7, 11) is 1.69. The van der Waals surface area contributed by atoms with Crippen LogP contribution in [0.1, 0.15) is 0 Å². The van der Waals surface area contributed by atoms with Crippen LogP contribution < -0.4 is 4.74 Å². The topological polar surface area (TPSA) is 44.1 Å². The molecule has 0 unspecified atom stereocenters. The summed E-state index contributed by atoms with van der Waals surface area (Å²) >= 11 is 0. The second-order valence-electron chi connectivity index (χ2n) is 1.51. The lowest BCUT2D eigenvalue weighted by molar-refractivity contribution is -0.121. The van der Waals surface area contributed by atoms with Crippen LogP contribution in [0.2, 0.25) is 0 Å². The Labute approximate surface area is 52.0 Å². The van der Waals surface area contributed by atoms with Crippen LogP contribution in [0.4, 0.5) is 0 Å². The molecule has 0 aliphatic heterocycles. The second-order valence-corrected chi connectivity index (χ2v) is 1.51. The smallest absolute Gasteiger partial charge is 0.299 e. The Kier molecular flexibility index (Phi) is 1.48. The van der Waals surface area contributed by atoms with Gasteiger partial charge >= 0.3 is 0 Å². The van der Waals surface area contributed by atoms with Gasteiger partial charge in [-0.3, -0.25) is 4.79 Å². The monoisotopic (exact) mass is 126 g/mol. The SMILES string of the molecule is Cn1nccc1OC=O. The average Bonchev–Trinajstić information content (AvgIpc) is 2.18. The standard InChI is InChI=1S/C5H6N2O2/c1-7-5(9-4-8)2-3-6-7/h2-4H,1H3. The maximum atomic E-state index is 9.76. The lowest BCUT2D eigenvalue weighted by atomic mass is 10.7. The second kappa shape index (κ2) is 2.30. The Balaban J connectivity index is 2.80. The number of carbonyl (C=O) groups excluding carboxylic acids is 1. The number of hydrogen-bond donors (Lipinski definition) is 0. The summed E-state index contributed by atoms with van der Waals surface area (Å²) < 4.78 is 5.96. The van der Waals surface area contributed by atoms with Crippen molar-refractivity contribution in [2.75, 3.05) is 0 Å². The van der Waals surface area contributed by atoms with Gasteiger partial charge in [0.15, 0.2) is 0 Å². The zero-order valence-corrected chi connectivity index (χ0v) is 4.94. The van der Waals surface area contributed by atoms with E-state index in [1.54, 1.807) is 19.3 Å². The fourth-order valence-electron chi connectivity index (χ4n) is 0.527. The molecule has 0 radical (unpaired) electrons. The highest BCUT2D eigenvalue weighted by molar-refractivity contribution is 5.42. The van der Waals surface area contributed by atoms with Gasteiger partial charge in [-0.05, 0) is 0 Å². The highest BCUT2D eigenvalue weighted by Gasteiger charge is 1.94. The first-order chi connectivity index (χ1) is 4.34. The van der Waals surface area contributed by atoms with Crippen molar-refractivity contribution in [3.8, 4) is 5.88 Å². The number of hydrogen-bond acceptors (Lipinski definition) is 3. The summed E-state index contributed by atoms with van der Waals surface area (Å²) in [6, 6.07) is 1.61. The molecular weight excluding hydrogens is 120 g/mol. The van der Waals surface area contributed by atoms with Crippen LogP contribution in [-0.2, 0) is 11.8 Å². The first-order valence-electron chi connectivity index (χ1n) is 2.43. The molecule has 0 saturated carbocycles. The molecule has 0 bridgehead atoms. The molecule has 0 N–H and O–H groups in total. The molecule has 1 heterocycles. The minimum Gasteiger partial charge on any atom is -0.410 e. The van der Waals surface area contributed by atoms with Crippen LogP contribution >= 0.6 is 0 Å². The Bertz CT molecular complexity index is 206. The van der Waals surface area contributed by atoms with Gasteiger partial charge in [-0.25, -0.2) is 4.68 Å². The maximum absolute atomic E-state index is 9.76. The molecular formula is C5H6N2O2. The summed E-state index contributed by atoms with van der Waals surface area (Å²) in [5.74, 6) is 0.449. The van der Waals surface area contributed by atoms with Crippen LogP contribution in [0.25, 0.3) is 0 Å². The molecule has 0 atom stereocenters. The first-order valence-corrected chi connectivity index (χ1v) is 2.43. The van der Waals surface area contributed by atoms with E-state index in [2.05, 4.69) is 9.84 Å². The van der Waals surface area contributed by atoms with E-state index in [1.165, 1.54) is 4.68 Å². The van der Waals surface area contributed by atoms with E-state index in [1.807, 2.05) is 0 Å². The van der Waals surface area contributed by atoms with Crippen LogP contribution in [0, 0.1) is 0 Å². The molecule has 9 heavy (non-hydrogen) atoms. The molecule has 1 aromatic rings. The largest absolute Gasteiger partial charge is 0.410 e. The Hall–Kier alpha value is -1.32. The number of ether oxygens (including phenoxy) is 1. The van der Waals surface area contributed by atoms with Crippen molar-refractivity contribution < 1.29 is 9.53 Å². The number of nitrogens with zero attached hydrogens (tertiary/aromatic N) is 2. The van der Waals surface area contributed by atoms with Gasteiger partial charge in [0.1, 0.15) is 0 Å². The third kappa shape index (κ3) is 1.07. The molecule has 1 rings (SSSR count). The van der Waals surface area contributed by atoms with Crippen molar-refractivity contribution in [3.05, 3.63) is 12.3 Å². The molecule has 0 aliphatic rings. The van der Waals surface area contributed by atoms with E-state index in [4.69, 9.17) is 0 Å². The van der Waals surface area contributed by atoms with Gasteiger partial charge in [0.25, 0.3) is 6.47 Å². The predicted octanol–water partition coefficient (Wildman–Crippen LogP) is -0.0447. The van der Waals surface area contributed by atoms with E-state index in [0.717, 1.165) is 0 Å². The molecule has 0 aromatic carbocycles. The normalized spacial score (nSPS) is 9.00. The van der Waals surface area contributed by atoms with Crippen LogP contribution in [0.15, 0.2) is 12.3 Å². The van der Waals surface area contributed by atoms with Gasteiger partial charge < -0.3 is 4.74 Å². The Morgan fingerprint density at radius 1 is 1.89 bits per heavy atom. The van der Waals surface area contributed by atoms with E-state index in [0.29, 0.717) is 12.4 Å². The molecule has 0 spiro atoms. The highest BCUT2D eigenvalue weighted by atomic mass is 16.5. The number of aromatic nitrogens is 2. The van der Waals surface area contributed by atoms with Crippen molar-refractivity contribution in [1.82, 2.24) is 9.78 Å². The van der Waals surface area contributed by atoms with Crippen molar-refractivity contribution in [2.24, 2.45) is 7.05 Å². The molecule has 0 amide bonds. The maximum Gasteiger partial charge on any atom is 0.299 e. The summed E-state index contributed by atoms with van der Waals surface area (Å²) in [5.41, 5.74) is 0.